The minimum atomic E-state index is -1.55. The summed E-state index contributed by atoms with van der Waals surface area (Å²) in [6.45, 7) is 10.1. The van der Waals surface area contributed by atoms with Gasteiger partial charge in [-0.25, -0.2) is 9.59 Å². The zero-order chi connectivity index (χ0) is 43.8. The predicted molar refractivity (Wildman–Crippen MR) is 232 cm³/mol. The highest BCUT2D eigenvalue weighted by molar-refractivity contribution is 6.18. The molecule has 0 spiro atoms. The fourth-order valence-corrected chi connectivity index (χ4v) is 8.81. The van der Waals surface area contributed by atoms with E-state index in [9.17, 15) is 24.9 Å². The number of fused-ring (bicyclic) bond motifs is 2. The number of hydrogen-bond donors (Lipinski definition) is 4. The minimum absolute atomic E-state index is 0.00338. The number of rotatable bonds is 23. The van der Waals surface area contributed by atoms with Crippen LogP contribution in [0.4, 0.5) is 9.59 Å². The molecule has 2 aromatic rings. The number of nitrogens with zero attached hydrogens (tertiary/aromatic N) is 2. The monoisotopic (exact) mass is 869 g/mol. The van der Waals surface area contributed by atoms with Gasteiger partial charge in [-0.1, -0.05) is 60.5 Å². The molecular weight excluding hydrogens is 806 g/mol. The number of carbonyl (C=O) groups is 2. The van der Waals surface area contributed by atoms with E-state index >= 15 is 0 Å². The van der Waals surface area contributed by atoms with Crippen molar-refractivity contribution in [2.24, 2.45) is 22.9 Å². The molecule has 1 aliphatic heterocycles. The van der Waals surface area contributed by atoms with Crippen LogP contribution in [-0.4, -0.2) is 114 Å². The largest absolute Gasteiger partial charge is 0.459 e. The third-order valence-corrected chi connectivity index (χ3v) is 11.3. The number of halogens is 1. The van der Waals surface area contributed by atoms with Crippen molar-refractivity contribution in [3.05, 3.63) is 84.0 Å². The molecule has 3 aliphatic rings. The quantitative estimate of drug-likeness (QED) is 0.0388. The lowest BCUT2D eigenvalue weighted by Gasteiger charge is -2.59. The molecule has 336 valence electrons. The molecule has 2 amide bonds. The van der Waals surface area contributed by atoms with E-state index in [4.69, 9.17) is 45.3 Å². The van der Waals surface area contributed by atoms with Gasteiger partial charge in [0, 0.05) is 44.2 Å². The van der Waals surface area contributed by atoms with Gasteiger partial charge in [0.25, 0.3) is 0 Å². The summed E-state index contributed by atoms with van der Waals surface area (Å²) in [5.74, 6) is -1.66. The molecule has 1 fully saturated rings. The number of amides is 2. The van der Waals surface area contributed by atoms with Crippen LogP contribution in [0.1, 0.15) is 82.8 Å². The van der Waals surface area contributed by atoms with Gasteiger partial charge in [0.15, 0.2) is 0 Å². The lowest BCUT2D eigenvalue weighted by atomic mass is 9.55. The highest BCUT2D eigenvalue weighted by atomic mass is 35.5. The summed E-state index contributed by atoms with van der Waals surface area (Å²) in [6, 6.07) is 14.0. The molecule has 15 heteroatoms. The van der Waals surface area contributed by atoms with E-state index in [1.54, 1.807) is 23.1 Å². The Morgan fingerprint density at radius 1 is 1.02 bits per heavy atom. The van der Waals surface area contributed by atoms with Gasteiger partial charge in [-0.3, -0.25) is 4.90 Å². The average molecular weight is 870 g/mol. The van der Waals surface area contributed by atoms with Gasteiger partial charge in [-0.15, -0.1) is 18.2 Å². The minimum Gasteiger partial charge on any atom is -0.459 e. The average Bonchev–Trinajstić information content (AvgIpc) is 3.25. The summed E-state index contributed by atoms with van der Waals surface area (Å²) in [5, 5.41) is 36.9. The maximum absolute atomic E-state index is 14.2. The number of carbonyl (C=O) groups excluding carboxylic acids is 2. The van der Waals surface area contributed by atoms with Gasteiger partial charge in [-0.05, 0) is 87.6 Å². The molecule has 2 aliphatic carbocycles. The second kappa shape index (κ2) is 23.3. The van der Waals surface area contributed by atoms with Gasteiger partial charge in [0.05, 0.1) is 43.9 Å². The van der Waals surface area contributed by atoms with Crippen LogP contribution < -0.4 is 14.8 Å². The number of hydrogen-bond acceptors (Lipinski definition) is 12. The number of alkyl halides is 1. The van der Waals surface area contributed by atoms with Gasteiger partial charge < -0.3 is 49.2 Å². The van der Waals surface area contributed by atoms with Crippen LogP contribution in [0.15, 0.2) is 78.0 Å². The molecule has 0 radical (unpaired) electrons. The van der Waals surface area contributed by atoms with Crippen molar-refractivity contribution in [1.29, 1.82) is 0 Å². The smallest absolute Gasteiger partial charge is 0.412 e. The van der Waals surface area contributed by atoms with Crippen molar-refractivity contribution >= 4 is 29.5 Å². The van der Waals surface area contributed by atoms with Crippen LogP contribution in [0.5, 0.6) is 11.5 Å². The van der Waals surface area contributed by atoms with Crippen molar-refractivity contribution in [2.45, 2.75) is 95.6 Å². The fraction of sp³-hybridized carbons (Fsp3) is 0.587. The number of oxime groups is 1. The third kappa shape index (κ3) is 12.5. The van der Waals surface area contributed by atoms with Crippen molar-refractivity contribution < 1.29 is 53.4 Å². The lowest BCUT2D eigenvalue weighted by molar-refractivity contribution is -0.256. The second-order valence-corrected chi connectivity index (χ2v) is 16.9. The Morgan fingerprint density at radius 2 is 1.77 bits per heavy atom. The number of unbranched alkanes of at least 4 members (excludes halogenated alkanes) is 2. The summed E-state index contributed by atoms with van der Waals surface area (Å²) in [6.07, 6.45) is 6.99. The number of aliphatic hydroxyl groups is 3. The fourth-order valence-electron chi connectivity index (χ4n) is 8.73. The molecule has 5 rings (SSSR count). The van der Waals surface area contributed by atoms with Gasteiger partial charge in [0.1, 0.15) is 29.7 Å². The molecule has 1 saturated carbocycles. The Labute approximate surface area is 364 Å². The predicted octanol–water partition coefficient (Wildman–Crippen LogP) is 7.09. The standard InChI is InChI=1S/C46H64ClN3O11/c1-5-24-58-46-40(50(20-26-56-27-23-53)44(55)57-25-19-47)30-38(49-61-45(2,3)4)36-28-33(15-9-11-21-51)35(16-10-12-22-52)41(42(36)46)37-29-34(17-18-39(37)60-46)59-43(54)48-31-32-13-7-6-8-14-32/h5-8,13-14,17-18,28-29,33,35,40-42,51-53H,1,9-12,15-16,19-27,30-31H2,2-4H3,(H,48,54)/t33-,35+,40-,41+,42+,46+/m0/s1. The number of nitrogens with one attached hydrogen (secondary N) is 1. The number of allylic oxidation sites excluding steroid dienone is 1. The summed E-state index contributed by atoms with van der Waals surface area (Å²) in [4.78, 5) is 35.2. The first-order valence-electron chi connectivity index (χ1n) is 21.4. The second-order valence-electron chi connectivity index (χ2n) is 16.5. The Hall–Kier alpha value is -4.18. The Balaban J connectivity index is 1.72. The normalized spacial score (nSPS) is 23.5. The maximum atomic E-state index is 14.2. The molecule has 61 heavy (non-hydrogen) atoms. The molecule has 0 unspecified atom stereocenters. The van der Waals surface area contributed by atoms with Crippen molar-refractivity contribution in [1.82, 2.24) is 10.2 Å². The summed E-state index contributed by atoms with van der Waals surface area (Å²) >= 11 is 6.02. The van der Waals surface area contributed by atoms with E-state index < -0.39 is 35.5 Å². The Bertz CT molecular complexity index is 1790. The van der Waals surface area contributed by atoms with Gasteiger partial charge in [0.2, 0.25) is 5.79 Å². The van der Waals surface area contributed by atoms with E-state index in [0.717, 1.165) is 42.4 Å². The molecule has 0 saturated heterocycles. The Morgan fingerprint density at radius 3 is 2.46 bits per heavy atom. The first-order valence-corrected chi connectivity index (χ1v) is 22.0. The van der Waals surface area contributed by atoms with Gasteiger partial charge in [-0.2, -0.15) is 0 Å². The molecule has 6 atom stereocenters. The molecule has 2 aromatic carbocycles. The number of aliphatic hydroxyl groups excluding tert-OH is 3. The van der Waals surface area contributed by atoms with Crippen LogP contribution in [0, 0.1) is 17.8 Å². The zero-order valence-electron chi connectivity index (χ0n) is 35.8. The summed E-state index contributed by atoms with van der Waals surface area (Å²) in [7, 11) is 0. The highest BCUT2D eigenvalue weighted by Gasteiger charge is 2.65. The lowest BCUT2D eigenvalue weighted by Crippen LogP contribution is -2.70. The summed E-state index contributed by atoms with van der Waals surface area (Å²) in [5.41, 5.74) is 2.53. The van der Waals surface area contributed by atoms with Crippen LogP contribution in [0.3, 0.4) is 0 Å². The van der Waals surface area contributed by atoms with Crippen LogP contribution in [0.25, 0.3) is 0 Å². The SMILES string of the molecule is C=CCO[C@@]12Oc3ccc(OC(=O)NCc4ccccc4)cc3[C@H]3[C@H](CCCCO)[C@@H](CCCCO)C=C(C(=NOC(C)(C)C)C[C@@H]1N(CCOCCO)C(=O)OCCCl)[C@H]32. The van der Waals surface area contributed by atoms with Crippen molar-refractivity contribution in [3.8, 4) is 11.5 Å². The summed E-state index contributed by atoms with van der Waals surface area (Å²) < 4.78 is 31.5. The first-order chi connectivity index (χ1) is 29.5. The van der Waals surface area contributed by atoms with E-state index in [0.29, 0.717) is 30.1 Å². The molecular formula is C46H64ClN3O11. The zero-order valence-corrected chi connectivity index (χ0v) is 36.5. The molecule has 1 heterocycles. The van der Waals surface area contributed by atoms with E-state index in [-0.39, 0.29) is 89.4 Å². The van der Waals surface area contributed by atoms with Crippen LogP contribution >= 0.6 is 11.6 Å². The Kier molecular flexibility index (Phi) is 18.3. The third-order valence-electron chi connectivity index (χ3n) is 11.2. The van der Waals surface area contributed by atoms with Crippen molar-refractivity contribution in [2.75, 3.05) is 58.7 Å². The number of ether oxygens (including phenoxy) is 5. The van der Waals surface area contributed by atoms with E-state index in [1.165, 1.54) is 0 Å². The van der Waals surface area contributed by atoms with E-state index in [2.05, 4.69) is 18.0 Å². The number of benzene rings is 2. The van der Waals surface area contributed by atoms with E-state index in [1.807, 2.05) is 57.2 Å². The molecule has 0 bridgehead atoms. The maximum Gasteiger partial charge on any atom is 0.412 e. The molecule has 4 N–H and O–H groups in total. The highest BCUT2D eigenvalue weighted by Crippen LogP contribution is 2.62. The first kappa shape index (κ1) is 47.9. The van der Waals surface area contributed by atoms with Crippen molar-refractivity contribution in [3.63, 3.8) is 0 Å². The molecule has 0 aromatic heterocycles. The molecule has 14 nitrogen and oxygen atoms in total. The van der Waals surface area contributed by atoms with Gasteiger partial charge >= 0.3 is 12.2 Å². The topological polar surface area (TPSA) is 178 Å². The van der Waals surface area contributed by atoms with Crippen LogP contribution in [-0.2, 0) is 25.6 Å². The van der Waals surface area contributed by atoms with Crippen LogP contribution in [0.2, 0.25) is 0 Å².